The minimum absolute atomic E-state index is 0.133. The third-order valence-electron chi connectivity index (χ3n) is 2.82. The Labute approximate surface area is 111 Å². The van der Waals surface area contributed by atoms with Crippen LogP contribution in [0.2, 0.25) is 0 Å². The van der Waals surface area contributed by atoms with Crippen molar-refractivity contribution in [3.63, 3.8) is 0 Å². The van der Waals surface area contributed by atoms with E-state index in [1.165, 1.54) is 7.11 Å². The zero-order valence-electron chi connectivity index (χ0n) is 10.8. The summed E-state index contributed by atoms with van der Waals surface area (Å²) in [6, 6.07) is 11.9. The normalized spacial score (nSPS) is 10.0. The van der Waals surface area contributed by atoms with Gasteiger partial charge in [-0.3, -0.25) is 4.79 Å². The van der Waals surface area contributed by atoms with Gasteiger partial charge in [0.05, 0.1) is 19.8 Å². The predicted molar refractivity (Wildman–Crippen MR) is 73.8 cm³/mol. The first-order chi connectivity index (χ1) is 9.15. The molecule has 0 aliphatic heterocycles. The van der Waals surface area contributed by atoms with Crippen molar-refractivity contribution in [1.29, 1.82) is 0 Å². The van der Waals surface area contributed by atoms with Crippen LogP contribution >= 0.6 is 0 Å². The van der Waals surface area contributed by atoms with E-state index in [-0.39, 0.29) is 5.78 Å². The molecule has 0 heterocycles. The van der Waals surface area contributed by atoms with Gasteiger partial charge in [-0.15, -0.1) is 0 Å². The Balaban J connectivity index is 2.40. The molecule has 0 amide bonds. The molecule has 0 fully saturated rings. The Morgan fingerprint density at radius 2 is 1.68 bits per heavy atom. The van der Waals surface area contributed by atoms with Crippen LogP contribution in [0.5, 0.6) is 11.5 Å². The summed E-state index contributed by atoms with van der Waals surface area (Å²) in [5.41, 5.74) is 7.25. The molecule has 2 N–H and O–H groups in total. The summed E-state index contributed by atoms with van der Waals surface area (Å²) in [6.07, 6.45) is 0. The van der Waals surface area contributed by atoms with Crippen LogP contribution in [-0.4, -0.2) is 20.0 Å². The quantitative estimate of drug-likeness (QED) is 0.675. The molecule has 2 rings (SSSR count). The van der Waals surface area contributed by atoms with Gasteiger partial charge in [-0.25, -0.2) is 0 Å². The van der Waals surface area contributed by atoms with Gasteiger partial charge in [-0.2, -0.15) is 0 Å². The van der Waals surface area contributed by atoms with Crippen molar-refractivity contribution >= 4 is 11.5 Å². The molecule has 0 aromatic heterocycles. The average Bonchev–Trinajstić information content (AvgIpc) is 2.46. The van der Waals surface area contributed by atoms with E-state index in [0.717, 1.165) is 0 Å². The lowest BCUT2D eigenvalue weighted by atomic mass is 10.0. The lowest BCUT2D eigenvalue weighted by molar-refractivity contribution is 0.103. The van der Waals surface area contributed by atoms with Crippen LogP contribution in [-0.2, 0) is 0 Å². The molecule has 4 heteroatoms. The largest absolute Gasteiger partial charge is 0.497 e. The number of rotatable bonds is 4. The van der Waals surface area contributed by atoms with E-state index in [1.54, 1.807) is 49.6 Å². The molecule has 0 unspecified atom stereocenters. The molecule has 2 aromatic rings. The van der Waals surface area contributed by atoms with Crippen molar-refractivity contribution in [3.05, 3.63) is 53.6 Å². The molecular weight excluding hydrogens is 242 g/mol. The first-order valence-corrected chi connectivity index (χ1v) is 5.78. The maximum Gasteiger partial charge on any atom is 0.196 e. The predicted octanol–water partition coefficient (Wildman–Crippen LogP) is 2.52. The Morgan fingerprint density at radius 3 is 2.26 bits per heavy atom. The van der Waals surface area contributed by atoms with Crippen molar-refractivity contribution in [2.24, 2.45) is 0 Å². The zero-order chi connectivity index (χ0) is 13.8. The molecule has 19 heavy (non-hydrogen) atoms. The lowest BCUT2D eigenvalue weighted by Gasteiger charge is -2.09. The second-order valence-corrected chi connectivity index (χ2v) is 4.02. The van der Waals surface area contributed by atoms with Gasteiger partial charge in [0.25, 0.3) is 0 Å². The number of anilines is 1. The molecule has 0 radical (unpaired) electrons. The molecule has 0 spiro atoms. The van der Waals surface area contributed by atoms with Gasteiger partial charge in [0.15, 0.2) is 5.78 Å². The van der Waals surface area contributed by atoms with Crippen LogP contribution in [0.1, 0.15) is 15.9 Å². The number of ether oxygens (including phenoxy) is 2. The third-order valence-corrected chi connectivity index (χ3v) is 2.82. The fourth-order valence-corrected chi connectivity index (χ4v) is 1.80. The minimum atomic E-state index is -0.133. The Hall–Kier alpha value is -2.49. The van der Waals surface area contributed by atoms with E-state index < -0.39 is 0 Å². The van der Waals surface area contributed by atoms with E-state index >= 15 is 0 Å². The second kappa shape index (κ2) is 5.44. The number of carbonyl (C=O) groups excluding carboxylic acids is 1. The van der Waals surface area contributed by atoms with Crippen molar-refractivity contribution in [2.75, 3.05) is 20.0 Å². The third kappa shape index (κ3) is 2.68. The summed E-state index contributed by atoms with van der Waals surface area (Å²) < 4.78 is 10.2. The van der Waals surface area contributed by atoms with E-state index in [1.807, 2.05) is 0 Å². The van der Waals surface area contributed by atoms with Crippen LogP contribution in [0.4, 0.5) is 5.69 Å². The Kier molecular flexibility index (Phi) is 3.71. The maximum atomic E-state index is 12.4. The number of carbonyl (C=O) groups is 1. The van der Waals surface area contributed by atoms with Crippen molar-refractivity contribution in [2.45, 2.75) is 0 Å². The smallest absolute Gasteiger partial charge is 0.196 e. The van der Waals surface area contributed by atoms with Gasteiger partial charge in [-0.05, 0) is 42.5 Å². The molecular formula is C15H15NO3. The summed E-state index contributed by atoms with van der Waals surface area (Å²) in [6.45, 7) is 0. The molecule has 4 nitrogen and oxygen atoms in total. The summed E-state index contributed by atoms with van der Waals surface area (Å²) in [5, 5.41) is 0. The molecule has 0 aliphatic rings. The number of methoxy groups -OCH3 is 2. The second-order valence-electron chi connectivity index (χ2n) is 4.02. The van der Waals surface area contributed by atoms with E-state index in [9.17, 15) is 4.79 Å². The van der Waals surface area contributed by atoms with Crippen LogP contribution in [0, 0.1) is 0 Å². The van der Waals surface area contributed by atoms with E-state index in [0.29, 0.717) is 28.3 Å². The van der Waals surface area contributed by atoms with Crippen LogP contribution in [0.15, 0.2) is 42.5 Å². The number of nitrogen functional groups attached to an aromatic ring is 1. The van der Waals surface area contributed by atoms with Gasteiger partial charge in [0.2, 0.25) is 0 Å². The highest BCUT2D eigenvalue weighted by atomic mass is 16.5. The average molecular weight is 257 g/mol. The SMILES string of the molecule is COc1ccc(C(=O)c2cc(N)ccc2OC)cc1. The fraction of sp³-hybridized carbons (Fsp3) is 0.133. The number of hydrogen-bond donors (Lipinski definition) is 1. The highest BCUT2D eigenvalue weighted by Gasteiger charge is 2.14. The number of benzene rings is 2. The summed E-state index contributed by atoms with van der Waals surface area (Å²) in [5.74, 6) is 1.08. The molecule has 0 saturated carbocycles. The van der Waals surface area contributed by atoms with Gasteiger partial charge in [-0.1, -0.05) is 0 Å². The summed E-state index contributed by atoms with van der Waals surface area (Å²) >= 11 is 0. The fourth-order valence-electron chi connectivity index (χ4n) is 1.80. The maximum absolute atomic E-state index is 12.4. The minimum Gasteiger partial charge on any atom is -0.497 e. The van der Waals surface area contributed by atoms with Crippen LogP contribution in [0.3, 0.4) is 0 Å². The van der Waals surface area contributed by atoms with E-state index in [4.69, 9.17) is 15.2 Å². The molecule has 98 valence electrons. The number of ketones is 1. The highest BCUT2D eigenvalue weighted by molar-refractivity contribution is 6.11. The molecule has 0 bridgehead atoms. The van der Waals surface area contributed by atoms with Crippen molar-refractivity contribution in [1.82, 2.24) is 0 Å². The molecule has 2 aromatic carbocycles. The van der Waals surface area contributed by atoms with Gasteiger partial charge in [0, 0.05) is 11.3 Å². The van der Waals surface area contributed by atoms with Crippen LogP contribution in [0.25, 0.3) is 0 Å². The number of nitrogens with two attached hydrogens (primary N) is 1. The van der Waals surface area contributed by atoms with Crippen molar-refractivity contribution in [3.8, 4) is 11.5 Å². The Bertz CT molecular complexity index is 591. The lowest BCUT2D eigenvalue weighted by Crippen LogP contribution is -2.05. The first-order valence-electron chi connectivity index (χ1n) is 5.78. The molecule has 0 saturated heterocycles. The number of hydrogen-bond acceptors (Lipinski definition) is 4. The molecule has 0 atom stereocenters. The zero-order valence-corrected chi connectivity index (χ0v) is 10.8. The summed E-state index contributed by atoms with van der Waals surface area (Å²) in [7, 11) is 3.11. The first kappa shape index (κ1) is 13.0. The standard InChI is InChI=1S/C15H15NO3/c1-18-12-6-3-10(4-7-12)15(17)13-9-11(16)5-8-14(13)19-2/h3-9H,16H2,1-2H3. The van der Waals surface area contributed by atoms with Crippen molar-refractivity contribution < 1.29 is 14.3 Å². The van der Waals surface area contributed by atoms with Gasteiger partial charge < -0.3 is 15.2 Å². The summed E-state index contributed by atoms with van der Waals surface area (Å²) in [4.78, 5) is 12.4. The highest BCUT2D eigenvalue weighted by Crippen LogP contribution is 2.24. The van der Waals surface area contributed by atoms with Gasteiger partial charge >= 0.3 is 0 Å². The topological polar surface area (TPSA) is 61.5 Å². The molecule has 0 aliphatic carbocycles. The monoisotopic (exact) mass is 257 g/mol. The van der Waals surface area contributed by atoms with Crippen LogP contribution < -0.4 is 15.2 Å². The van der Waals surface area contributed by atoms with E-state index in [2.05, 4.69) is 0 Å². The Morgan fingerprint density at radius 1 is 1.00 bits per heavy atom. The van der Waals surface area contributed by atoms with Gasteiger partial charge in [0.1, 0.15) is 11.5 Å².